The molecule has 25 heavy (non-hydrogen) atoms. The maximum absolute atomic E-state index is 11.8. The van der Waals surface area contributed by atoms with Crippen molar-refractivity contribution >= 4 is 41.8 Å². The molecule has 0 bridgehead atoms. The third-order valence-electron chi connectivity index (χ3n) is 3.61. The van der Waals surface area contributed by atoms with Crippen molar-refractivity contribution in [1.29, 1.82) is 0 Å². The third-order valence-corrected chi connectivity index (χ3v) is 3.61. The van der Waals surface area contributed by atoms with Gasteiger partial charge in [0, 0.05) is 26.7 Å². The Labute approximate surface area is 168 Å². The highest BCUT2D eigenvalue weighted by molar-refractivity contribution is 14.0. The molecule has 1 amide bonds. The molecule has 0 spiro atoms. The zero-order valence-corrected chi connectivity index (χ0v) is 18.4. The molecule has 0 aliphatic heterocycles. The SMILES string of the molecule is CN(C)C(=O)CN=C(NCCC(=O)OC(C)(C)C)NC1CCCC1.I. The number of amides is 1. The lowest BCUT2D eigenvalue weighted by Crippen LogP contribution is -2.44. The maximum Gasteiger partial charge on any atom is 0.308 e. The van der Waals surface area contributed by atoms with Crippen LogP contribution in [0.3, 0.4) is 0 Å². The fraction of sp³-hybridized carbons (Fsp3) is 0.824. The summed E-state index contributed by atoms with van der Waals surface area (Å²) in [6, 6.07) is 0.382. The summed E-state index contributed by atoms with van der Waals surface area (Å²) in [6.45, 7) is 6.05. The number of nitrogens with one attached hydrogen (secondary N) is 2. The number of ether oxygens (including phenoxy) is 1. The molecule has 1 fully saturated rings. The number of halogens is 1. The van der Waals surface area contributed by atoms with Gasteiger partial charge in [-0.2, -0.15) is 0 Å². The molecular weight excluding hydrogens is 435 g/mol. The Kier molecular flexibility index (Phi) is 11.0. The molecule has 1 aliphatic rings. The Morgan fingerprint density at radius 1 is 1.20 bits per heavy atom. The summed E-state index contributed by atoms with van der Waals surface area (Å²) >= 11 is 0. The Bertz CT molecular complexity index is 455. The van der Waals surface area contributed by atoms with Crippen molar-refractivity contribution in [3.05, 3.63) is 0 Å². The van der Waals surface area contributed by atoms with E-state index in [9.17, 15) is 9.59 Å². The number of guanidine groups is 1. The molecule has 0 unspecified atom stereocenters. The quantitative estimate of drug-likeness (QED) is 0.269. The second-order valence-corrected chi connectivity index (χ2v) is 7.34. The first kappa shape index (κ1) is 23.9. The van der Waals surface area contributed by atoms with Crippen LogP contribution in [0.4, 0.5) is 0 Å². The van der Waals surface area contributed by atoms with E-state index in [1.807, 2.05) is 20.8 Å². The van der Waals surface area contributed by atoms with E-state index in [-0.39, 0.29) is 48.8 Å². The monoisotopic (exact) mass is 468 g/mol. The van der Waals surface area contributed by atoms with Gasteiger partial charge in [0.25, 0.3) is 0 Å². The Balaban J connectivity index is 0.00000576. The summed E-state index contributed by atoms with van der Waals surface area (Å²) in [5.74, 6) is 0.273. The highest BCUT2D eigenvalue weighted by atomic mass is 127. The van der Waals surface area contributed by atoms with Gasteiger partial charge in [0.05, 0.1) is 6.42 Å². The van der Waals surface area contributed by atoms with Crippen molar-refractivity contribution in [2.24, 2.45) is 4.99 Å². The van der Waals surface area contributed by atoms with Gasteiger partial charge in [0.1, 0.15) is 12.1 Å². The summed E-state index contributed by atoms with van der Waals surface area (Å²) in [4.78, 5) is 29.3. The zero-order chi connectivity index (χ0) is 18.2. The van der Waals surface area contributed by atoms with E-state index >= 15 is 0 Å². The lowest BCUT2D eigenvalue weighted by Gasteiger charge is -2.20. The lowest BCUT2D eigenvalue weighted by molar-refractivity contribution is -0.154. The largest absolute Gasteiger partial charge is 0.460 e. The number of carbonyl (C=O) groups is 2. The molecule has 0 radical (unpaired) electrons. The van der Waals surface area contributed by atoms with Crippen LogP contribution in [0.25, 0.3) is 0 Å². The minimum Gasteiger partial charge on any atom is -0.460 e. The van der Waals surface area contributed by atoms with Crippen LogP contribution >= 0.6 is 24.0 Å². The number of hydrogen-bond acceptors (Lipinski definition) is 4. The molecule has 0 aromatic heterocycles. The summed E-state index contributed by atoms with van der Waals surface area (Å²) in [5.41, 5.74) is -0.478. The summed E-state index contributed by atoms with van der Waals surface area (Å²) in [5, 5.41) is 6.47. The van der Waals surface area contributed by atoms with Gasteiger partial charge < -0.3 is 20.3 Å². The molecule has 8 heteroatoms. The number of aliphatic imine (C=N–C) groups is 1. The average Bonchev–Trinajstić information content (AvgIpc) is 2.94. The molecule has 0 aromatic carbocycles. The van der Waals surface area contributed by atoms with Crippen molar-refractivity contribution in [1.82, 2.24) is 15.5 Å². The van der Waals surface area contributed by atoms with Gasteiger partial charge in [0.15, 0.2) is 5.96 Å². The number of hydrogen-bond donors (Lipinski definition) is 2. The van der Waals surface area contributed by atoms with Gasteiger partial charge >= 0.3 is 5.97 Å². The van der Waals surface area contributed by atoms with Crippen LogP contribution in [-0.2, 0) is 14.3 Å². The molecule has 0 saturated heterocycles. The number of esters is 1. The lowest BCUT2D eigenvalue weighted by atomic mass is 10.2. The molecule has 1 aliphatic carbocycles. The molecule has 1 rings (SSSR count). The molecule has 0 atom stereocenters. The van der Waals surface area contributed by atoms with Crippen LogP contribution in [0.5, 0.6) is 0 Å². The van der Waals surface area contributed by atoms with Crippen molar-refractivity contribution in [2.45, 2.75) is 64.5 Å². The Morgan fingerprint density at radius 2 is 1.80 bits per heavy atom. The van der Waals surface area contributed by atoms with Gasteiger partial charge in [-0.3, -0.25) is 9.59 Å². The van der Waals surface area contributed by atoms with E-state index < -0.39 is 5.60 Å². The van der Waals surface area contributed by atoms with E-state index in [0.29, 0.717) is 18.5 Å². The van der Waals surface area contributed by atoms with Crippen molar-refractivity contribution in [2.75, 3.05) is 27.2 Å². The Morgan fingerprint density at radius 3 is 2.32 bits per heavy atom. The van der Waals surface area contributed by atoms with Gasteiger partial charge in [0.2, 0.25) is 5.91 Å². The maximum atomic E-state index is 11.8. The standard InChI is InChI=1S/C17H32N4O3.HI/c1-17(2,3)24-15(23)10-11-18-16(19-12-14(22)21(4)5)20-13-8-6-7-9-13;/h13H,6-12H2,1-5H3,(H2,18,19,20);1H. The smallest absolute Gasteiger partial charge is 0.308 e. The van der Waals surface area contributed by atoms with Gasteiger partial charge in [-0.25, -0.2) is 4.99 Å². The Hall–Kier alpha value is -1.06. The highest BCUT2D eigenvalue weighted by Gasteiger charge is 2.18. The highest BCUT2D eigenvalue weighted by Crippen LogP contribution is 2.17. The summed E-state index contributed by atoms with van der Waals surface area (Å²) in [6.07, 6.45) is 4.88. The first-order valence-corrected chi connectivity index (χ1v) is 8.64. The summed E-state index contributed by atoms with van der Waals surface area (Å²) < 4.78 is 5.28. The third kappa shape index (κ3) is 11.2. The van der Waals surface area contributed by atoms with Crippen LogP contribution in [-0.4, -0.2) is 61.6 Å². The van der Waals surface area contributed by atoms with E-state index in [1.54, 1.807) is 14.1 Å². The van der Waals surface area contributed by atoms with Gasteiger partial charge in [-0.15, -0.1) is 24.0 Å². The number of rotatable bonds is 6. The minimum atomic E-state index is -0.478. The van der Waals surface area contributed by atoms with Gasteiger partial charge in [-0.05, 0) is 33.6 Å². The van der Waals surface area contributed by atoms with E-state index in [2.05, 4.69) is 15.6 Å². The van der Waals surface area contributed by atoms with Gasteiger partial charge in [-0.1, -0.05) is 12.8 Å². The topological polar surface area (TPSA) is 83.0 Å². The van der Waals surface area contributed by atoms with Crippen LogP contribution in [0.2, 0.25) is 0 Å². The predicted octanol–water partition coefficient (Wildman–Crippen LogP) is 1.90. The number of nitrogens with zero attached hydrogens (tertiary/aromatic N) is 2. The number of carbonyl (C=O) groups excluding carboxylic acids is 2. The van der Waals surface area contributed by atoms with E-state index in [0.717, 1.165) is 12.8 Å². The van der Waals surface area contributed by atoms with Crippen molar-refractivity contribution < 1.29 is 14.3 Å². The number of likely N-dealkylation sites (N-methyl/N-ethyl adjacent to an activating group) is 1. The minimum absolute atomic E-state index is 0. The first-order valence-electron chi connectivity index (χ1n) is 8.64. The average molecular weight is 468 g/mol. The molecule has 7 nitrogen and oxygen atoms in total. The van der Waals surface area contributed by atoms with Crippen molar-refractivity contribution in [3.8, 4) is 0 Å². The van der Waals surface area contributed by atoms with Crippen LogP contribution < -0.4 is 10.6 Å². The van der Waals surface area contributed by atoms with Crippen molar-refractivity contribution in [3.63, 3.8) is 0 Å². The van der Waals surface area contributed by atoms with E-state index in [4.69, 9.17) is 4.74 Å². The molecule has 1 saturated carbocycles. The predicted molar refractivity (Wildman–Crippen MR) is 110 cm³/mol. The second-order valence-electron chi connectivity index (χ2n) is 7.34. The fourth-order valence-electron chi connectivity index (χ4n) is 2.38. The molecule has 146 valence electrons. The molecule has 0 aromatic rings. The van der Waals surface area contributed by atoms with Crippen LogP contribution in [0.15, 0.2) is 4.99 Å². The summed E-state index contributed by atoms with van der Waals surface area (Å²) in [7, 11) is 3.41. The molecular formula is C17H33IN4O3. The fourth-order valence-corrected chi connectivity index (χ4v) is 2.38. The zero-order valence-electron chi connectivity index (χ0n) is 16.1. The molecule has 2 N–H and O–H groups in total. The van der Waals surface area contributed by atoms with Crippen LogP contribution in [0, 0.1) is 0 Å². The second kappa shape index (κ2) is 11.5. The van der Waals surface area contributed by atoms with E-state index in [1.165, 1.54) is 17.7 Å². The van der Waals surface area contributed by atoms with Crippen LogP contribution in [0.1, 0.15) is 52.9 Å². The first-order chi connectivity index (χ1) is 11.2. The molecule has 0 heterocycles. The normalized spacial score (nSPS) is 15.3.